The van der Waals surface area contributed by atoms with Gasteiger partial charge in [0.25, 0.3) is 0 Å². The molecular formula is C37H52O4. The van der Waals surface area contributed by atoms with Crippen molar-refractivity contribution < 1.29 is 19.2 Å². The van der Waals surface area contributed by atoms with Crippen LogP contribution in [0, 0.1) is 24.7 Å². The van der Waals surface area contributed by atoms with Crippen molar-refractivity contribution in [3.05, 3.63) is 69.8 Å². The number of aryl methyl sites for hydroxylation is 2. The van der Waals surface area contributed by atoms with Crippen molar-refractivity contribution in [1.82, 2.24) is 0 Å². The molecule has 0 saturated carbocycles. The number of carbonyl (C=O) groups is 4. The minimum Gasteiger partial charge on any atom is -0.300 e. The largest absolute Gasteiger partial charge is 0.300 e. The van der Waals surface area contributed by atoms with E-state index in [1.165, 1.54) is 18.9 Å². The van der Waals surface area contributed by atoms with Crippen LogP contribution in [-0.2, 0) is 40.1 Å². The van der Waals surface area contributed by atoms with Crippen LogP contribution in [0.5, 0.6) is 0 Å². The van der Waals surface area contributed by atoms with Gasteiger partial charge in [0.05, 0.1) is 6.42 Å². The van der Waals surface area contributed by atoms with Crippen LogP contribution in [0.3, 0.4) is 0 Å². The molecule has 0 amide bonds. The summed E-state index contributed by atoms with van der Waals surface area (Å²) < 4.78 is 0. The van der Waals surface area contributed by atoms with Crippen LogP contribution in [0.1, 0.15) is 125 Å². The summed E-state index contributed by atoms with van der Waals surface area (Å²) in [4.78, 5) is 51.0. The Kier molecular flexibility index (Phi) is 14.4. The highest BCUT2D eigenvalue weighted by Crippen LogP contribution is 2.37. The van der Waals surface area contributed by atoms with Crippen molar-refractivity contribution in [3.63, 3.8) is 0 Å². The van der Waals surface area contributed by atoms with Crippen molar-refractivity contribution in [2.24, 2.45) is 17.8 Å². The molecule has 0 heterocycles. The molecule has 1 aliphatic carbocycles. The Hall–Kier alpha value is -2.88. The van der Waals surface area contributed by atoms with E-state index in [0.717, 1.165) is 59.9 Å². The molecule has 3 atom stereocenters. The lowest BCUT2D eigenvalue weighted by Crippen LogP contribution is -2.30. The molecule has 0 saturated heterocycles. The molecule has 0 bridgehead atoms. The number of Topliss-reactive ketones (excluding diaryl/α,β-unsaturated/α-hetero) is 4. The Bertz CT molecular complexity index is 1170. The molecule has 0 aromatic heterocycles. The second-order valence-corrected chi connectivity index (χ2v) is 12.0. The highest BCUT2D eigenvalue weighted by molar-refractivity contribution is 6.01. The topological polar surface area (TPSA) is 68.3 Å². The summed E-state index contributed by atoms with van der Waals surface area (Å²) >= 11 is 0. The van der Waals surface area contributed by atoms with E-state index in [-0.39, 0.29) is 47.3 Å². The summed E-state index contributed by atoms with van der Waals surface area (Å²) in [7, 11) is 0. The quantitative estimate of drug-likeness (QED) is 0.217. The molecule has 41 heavy (non-hydrogen) atoms. The molecule has 0 N–H and O–H groups in total. The van der Waals surface area contributed by atoms with Gasteiger partial charge in [-0.25, -0.2) is 0 Å². The third-order valence-electron chi connectivity index (χ3n) is 8.23. The summed E-state index contributed by atoms with van der Waals surface area (Å²) in [6, 6.07) is 12.2. The summed E-state index contributed by atoms with van der Waals surface area (Å²) in [5.74, 6) is 0.413. The highest BCUT2D eigenvalue weighted by Gasteiger charge is 2.34. The summed E-state index contributed by atoms with van der Waals surface area (Å²) in [6.07, 6.45) is 7.56. The van der Waals surface area contributed by atoms with Crippen molar-refractivity contribution in [2.75, 3.05) is 0 Å². The summed E-state index contributed by atoms with van der Waals surface area (Å²) in [5.41, 5.74) is 6.04. The first-order valence-corrected chi connectivity index (χ1v) is 15.8. The van der Waals surface area contributed by atoms with Crippen molar-refractivity contribution >= 4 is 23.1 Å². The van der Waals surface area contributed by atoms with Crippen LogP contribution in [0.2, 0.25) is 0 Å². The fourth-order valence-corrected chi connectivity index (χ4v) is 6.36. The highest BCUT2D eigenvalue weighted by atomic mass is 16.1. The molecule has 0 spiro atoms. The van der Waals surface area contributed by atoms with Gasteiger partial charge in [-0.15, -0.1) is 0 Å². The van der Waals surface area contributed by atoms with E-state index in [1.54, 1.807) is 0 Å². The number of fused-ring (bicyclic) bond motifs is 1. The Morgan fingerprint density at radius 3 is 2.07 bits per heavy atom. The second-order valence-electron chi connectivity index (χ2n) is 12.0. The number of ketones is 4. The van der Waals surface area contributed by atoms with Crippen molar-refractivity contribution in [1.29, 1.82) is 0 Å². The van der Waals surface area contributed by atoms with Crippen LogP contribution in [0.4, 0.5) is 0 Å². The first-order valence-electron chi connectivity index (χ1n) is 15.8. The van der Waals surface area contributed by atoms with Crippen LogP contribution >= 0.6 is 0 Å². The Morgan fingerprint density at radius 1 is 0.878 bits per heavy atom. The normalized spacial score (nSPS) is 15.8. The smallest absolute Gasteiger partial charge is 0.163 e. The van der Waals surface area contributed by atoms with E-state index >= 15 is 0 Å². The van der Waals surface area contributed by atoms with Gasteiger partial charge in [-0.1, -0.05) is 90.3 Å². The number of benzene rings is 2. The summed E-state index contributed by atoms with van der Waals surface area (Å²) in [6.45, 7) is 14.0. The van der Waals surface area contributed by atoms with Crippen LogP contribution in [0.15, 0.2) is 36.4 Å². The van der Waals surface area contributed by atoms with Crippen LogP contribution in [-0.4, -0.2) is 23.1 Å². The van der Waals surface area contributed by atoms with Crippen LogP contribution in [0.25, 0.3) is 0 Å². The van der Waals surface area contributed by atoms with Gasteiger partial charge in [0.15, 0.2) is 5.78 Å². The molecule has 224 valence electrons. The number of rotatable bonds is 14. The molecule has 0 aliphatic heterocycles. The average molecular weight is 561 g/mol. The standard InChI is InChI=1S/C34H44O4.C3H8/c1-6-9-27(30(8-3)32(37)16-23(5)35)17-26-19-31-28(15-10-22(4)34(31)33(38)20-26)21-29(36)18-25-13-11-24(7-2)12-14-25;1-3-2/h10-15,26-27,30H,6-9,16-21H2,1-5H3;3H2,1-2H3. The third-order valence-corrected chi connectivity index (χ3v) is 8.23. The van der Waals surface area contributed by atoms with E-state index in [4.69, 9.17) is 0 Å². The fraction of sp³-hybridized carbons (Fsp3) is 0.568. The lowest BCUT2D eigenvalue weighted by atomic mass is 9.71. The van der Waals surface area contributed by atoms with E-state index < -0.39 is 0 Å². The SMILES string of the molecule is CCC.CCCC(CC1CC(=O)c2c(C)ccc(CC(=O)Cc3ccc(CC)cc3)c2C1)C(CC)C(=O)CC(C)=O. The molecule has 3 rings (SSSR count). The Labute approximate surface area is 248 Å². The molecule has 2 aromatic rings. The molecule has 1 aliphatic rings. The van der Waals surface area contributed by atoms with E-state index in [0.29, 0.717) is 25.7 Å². The summed E-state index contributed by atoms with van der Waals surface area (Å²) in [5, 5.41) is 0. The second kappa shape index (κ2) is 17.2. The third kappa shape index (κ3) is 10.2. The molecule has 4 nitrogen and oxygen atoms in total. The Morgan fingerprint density at radius 2 is 1.51 bits per heavy atom. The molecular weight excluding hydrogens is 508 g/mol. The van der Waals surface area contributed by atoms with E-state index in [9.17, 15) is 19.2 Å². The maximum Gasteiger partial charge on any atom is 0.163 e. The van der Waals surface area contributed by atoms with Gasteiger partial charge in [0, 0.05) is 30.7 Å². The zero-order valence-corrected chi connectivity index (χ0v) is 26.6. The van der Waals surface area contributed by atoms with Gasteiger partial charge in [-0.05, 0) is 79.2 Å². The molecule has 0 fully saturated rings. The van der Waals surface area contributed by atoms with Crippen molar-refractivity contribution in [3.8, 4) is 0 Å². The molecule has 0 radical (unpaired) electrons. The lowest BCUT2D eigenvalue weighted by Gasteiger charge is -2.32. The lowest BCUT2D eigenvalue weighted by molar-refractivity contribution is -0.130. The predicted molar refractivity (Wildman–Crippen MR) is 169 cm³/mol. The van der Waals surface area contributed by atoms with Gasteiger partial charge in [-0.3, -0.25) is 19.2 Å². The number of carbonyl (C=O) groups excluding carboxylic acids is 4. The minimum absolute atomic E-state index is 0.00221. The van der Waals surface area contributed by atoms with E-state index in [2.05, 4.69) is 39.8 Å². The van der Waals surface area contributed by atoms with Gasteiger partial charge in [0.2, 0.25) is 0 Å². The molecule has 3 unspecified atom stereocenters. The number of hydrogen-bond donors (Lipinski definition) is 0. The molecule has 4 heteroatoms. The van der Waals surface area contributed by atoms with Gasteiger partial charge in [-0.2, -0.15) is 0 Å². The molecule has 2 aromatic carbocycles. The van der Waals surface area contributed by atoms with Gasteiger partial charge < -0.3 is 0 Å². The fourth-order valence-electron chi connectivity index (χ4n) is 6.36. The van der Waals surface area contributed by atoms with Gasteiger partial charge in [0.1, 0.15) is 17.3 Å². The minimum atomic E-state index is -0.145. The monoisotopic (exact) mass is 560 g/mol. The van der Waals surface area contributed by atoms with Gasteiger partial charge >= 0.3 is 0 Å². The average Bonchev–Trinajstić information content (AvgIpc) is 2.91. The predicted octanol–water partition coefficient (Wildman–Crippen LogP) is 8.45. The van der Waals surface area contributed by atoms with Crippen LogP contribution < -0.4 is 0 Å². The van der Waals surface area contributed by atoms with E-state index in [1.807, 2.05) is 38.1 Å². The first kappa shape index (κ1) is 34.3. The maximum absolute atomic E-state index is 13.4. The zero-order valence-electron chi connectivity index (χ0n) is 26.6. The number of hydrogen-bond acceptors (Lipinski definition) is 4. The van der Waals surface area contributed by atoms with Crippen molar-refractivity contribution in [2.45, 2.75) is 119 Å². The Balaban J connectivity index is 0.00000187. The zero-order chi connectivity index (χ0) is 30.5. The first-order chi connectivity index (χ1) is 19.6. The maximum atomic E-state index is 13.4.